The Morgan fingerprint density at radius 2 is 2.19 bits per heavy atom. The van der Waals surface area contributed by atoms with E-state index in [0.29, 0.717) is 0 Å². The van der Waals surface area contributed by atoms with Gasteiger partial charge in [0, 0.05) is 18.6 Å². The van der Waals surface area contributed by atoms with E-state index in [-0.39, 0.29) is 42.0 Å². The summed E-state index contributed by atoms with van der Waals surface area (Å²) in [4.78, 5) is 15.7. The van der Waals surface area contributed by atoms with Crippen LogP contribution in [0.2, 0.25) is 0 Å². The molecule has 0 aliphatic carbocycles. The molecule has 0 radical (unpaired) electrons. The number of hydrogen-bond donors (Lipinski definition) is 3. The van der Waals surface area contributed by atoms with E-state index in [9.17, 15) is 4.79 Å². The molecule has 0 spiro atoms. The highest BCUT2D eigenvalue weighted by molar-refractivity contribution is 14.0. The second-order valence-corrected chi connectivity index (χ2v) is 4.66. The molecular formula is C10H21IN4O. The molecule has 1 heterocycles. The van der Waals surface area contributed by atoms with Crippen LogP contribution in [0.5, 0.6) is 0 Å². The molecule has 1 aliphatic heterocycles. The van der Waals surface area contributed by atoms with Gasteiger partial charge in [0.05, 0.1) is 6.54 Å². The number of guanidine groups is 1. The van der Waals surface area contributed by atoms with Crippen LogP contribution in [0.1, 0.15) is 27.2 Å². The third kappa shape index (κ3) is 6.86. The number of amides is 1. The molecule has 6 heteroatoms. The largest absolute Gasteiger partial charge is 0.356 e. The Bertz CT molecular complexity index is 260. The zero-order valence-electron chi connectivity index (χ0n) is 10.1. The van der Waals surface area contributed by atoms with E-state index in [0.717, 1.165) is 25.5 Å². The van der Waals surface area contributed by atoms with Gasteiger partial charge in [-0.25, -0.2) is 0 Å². The molecular weight excluding hydrogens is 319 g/mol. The van der Waals surface area contributed by atoms with Gasteiger partial charge in [-0.3, -0.25) is 9.79 Å². The fraction of sp³-hybridized carbons (Fsp3) is 0.800. The van der Waals surface area contributed by atoms with Gasteiger partial charge in [0.1, 0.15) is 0 Å². The highest BCUT2D eigenvalue weighted by Gasteiger charge is 2.13. The summed E-state index contributed by atoms with van der Waals surface area (Å²) in [6.07, 6.45) is 1.05. The van der Waals surface area contributed by atoms with Crippen molar-refractivity contribution in [2.24, 2.45) is 4.99 Å². The van der Waals surface area contributed by atoms with Gasteiger partial charge in [0.2, 0.25) is 5.91 Å². The number of hydrogen-bond acceptors (Lipinski definition) is 4. The minimum absolute atomic E-state index is 0. The molecule has 0 atom stereocenters. The van der Waals surface area contributed by atoms with Crippen molar-refractivity contribution in [2.75, 3.05) is 19.6 Å². The van der Waals surface area contributed by atoms with Gasteiger partial charge in [0.25, 0.3) is 0 Å². The molecule has 0 aromatic rings. The third-order valence-corrected chi connectivity index (χ3v) is 1.83. The third-order valence-electron chi connectivity index (χ3n) is 1.83. The van der Waals surface area contributed by atoms with Crippen LogP contribution in [0.25, 0.3) is 0 Å². The van der Waals surface area contributed by atoms with Crippen LogP contribution in [0, 0.1) is 0 Å². The minimum atomic E-state index is -0.180. The molecule has 1 rings (SSSR count). The van der Waals surface area contributed by atoms with Gasteiger partial charge in [0.15, 0.2) is 5.96 Å². The van der Waals surface area contributed by atoms with E-state index < -0.39 is 0 Å². The van der Waals surface area contributed by atoms with Crippen molar-refractivity contribution in [3.8, 4) is 0 Å². The molecule has 0 saturated carbocycles. The zero-order valence-corrected chi connectivity index (χ0v) is 12.4. The lowest BCUT2D eigenvalue weighted by Gasteiger charge is -2.21. The lowest BCUT2D eigenvalue weighted by molar-refractivity contribution is -0.121. The maximum absolute atomic E-state index is 11.4. The molecule has 0 aromatic heterocycles. The van der Waals surface area contributed by atoms with Crippen molar-refractivity contribution in [1.29, 1.82) is 0 Å². The van der Waals surface area contributed by atoms with Gasteiger partial charge in [-0.2, -0.15) is 0 Å². The Morgan fingerprint density at radius 3 is 2.69 bits per heavy atom. The summed E-state index contributed by atoms with van der Waals surface area (Å²) in [6, 6.07) is 0. The Hall–Kier alpha value is -0.530. The topological polar surface area (TPSA) is 65.5 Å². The van der Waals surface area contributed by atoms with Crippen molar-refractivity contribution >= 4 is 35.8 Å². The predicted molar refractivity (Wildman–Crippen MR) is 76.2 cm³/mol. The quantitative estimate of drug-likeness (QED) is 0.640. The van der Waals surface area contributed by atoms with Crippen molar-refractivity contribution in [3.63, 3.8) is 0 Å². The SMILES string of the molecule is CC(C)(C)NC(=O)CNC1=NCCCN1.I. The summed E-state index contributed by atoms with van der Waals surface area (Å²) in [5, 5.41) is 8.94. The number of nitrogens with zero attached hydrogens (tertiary/aromatic N) is 1. The first-order valence-corrected chi connectivity index (χ1v) is 5.30. The van der Waals surface area contributed by atoms with Crippen LogP contribution in [0.4, 0.5) is 0 Å². The molecule has 0 saturated heterocycles. The van der Waals surface area contributed by atoms with Crippen LogP contribution in [0.15, 0.2) is 4.99 Å². The predicted octanol–water partition coefficient (Wildman–Crippen LogP) is 0.458. The van der Waals surface area contributed by atoms with Gasteiger partial charge in [-0.15, -0.1) is 24.0 Å². The first-order valence-electron chi connectivity index (χ1n) is 5.30. The molecule has 1 amide bonds. The Morgan fingerprint density at radius 1 is 1.50 bits per heavy atom. The van der Waals surface area contributed by atoms with Crippen molar-refractivity contribution in [1.82, 2.24) is 16.0 Å². The molecule has 94 valence electrons. The molecule has 0 fully saturated rings. The first kappa shape index (κ1) is 15.5. The molecule has 5 nitrogen and oxygen atoms in total. The van der Waals surface area contributed by atoms with Crippen LogP contribution >= 0.6 is 24.0 Å². The lowest BCUT2D eigenvalue weighted by atomic mass is 10.1. The molecule has 0 unspecified atom stereocenters. The average Bonchev–Trinajstić information content (AvgIpc) is 2.14. The second-order valence-electron chi connectivity index (χ2n) is 4.66. The highest BCUT2D eigenvalue weighted by Crippen LogP contribution is 1.97. The van der Waals surface area contributed by atoms with E-state index >= 15 is 0 Å². The van der Waals surface area contributed by atoms with Crippen molar-refractivity contribution < 1.29 is 4.79 Å². The summed E-state index contributed by atoms with van der Waals surface area (Å²) in [7, 11) is 0. The fourth-order valence-corrected chi connectivity index (χ4v) is 1.28. The number of aliphatic imine (C=N–C) groups is 1. The number of halogens is 1. The molecule has 0 bridgehead atoms. The van der Waals surface area contributed by atoms with E-state index in [1.165, 1.54) is 0 Å². The number of carbonyl (C=O) groups is 1. The number of carbonyl (C=O) groups excluding carboxylic acids is 1. The summed E-state index contributed by atoms with van der Waals surface area (Å²) < 4.78 is 0. The van der Waals surface area contributed by atoms with Crippen LogP contribution in [0.3, 0.4) is 0 Å². The summed E-state index contributed by atoms with van der Waals surface area (Å²) >= 11 is 0. The monoisotopic (exact) mass is 340 g/mol. The van der Waals surface area contributed by atoms with Crippen molar-refractivity contribution in [2.45, 2.75) is 32.7 Å². The van der Waals surface area contributed by atoms with E-state index in [4.69, 9.17) is 0 Å². The van der Waals surface area contributed by atoms with Crippen LogP contribution < -0.4 is 16.0 Å². The fourth-order valence-electron chi connectivity index (χ4n) is 1.28. The van der Waals surface area contributed by atoms with Gasteiger partial charge in [-0.05, 0) is 27.2 Å². The zero-order chi connectivity index (χ0) is 11.3. The van der Waals surface area contributed by atoms with Crippen LogP contribution in [-0.2, 0) is 4.79 Å². The van der Waals surface area contributed by atoms with Gasteiger partial charge < -0.3 is 16.0 Å². The number of nitrogens with one attached hydrogen (secondary N) is 3. The highest BCUT2D eigenvalue weighted by atomic mass is 127. The first-order chi connectivity index (χ1) is 6.97. The molecule has 0 aromatic carbocycles. The average molecular weight is 340 g/mol. The van der Waals surface area contributed by atoms with Gasteiger partial charge in [-0.1, -0.05) is 0 Å². The minimum Gasteiger partial charge on any atom is -0.356 e. The Kier molecular flexibility index (Phi) is 6.70. The maximum atomic E-state index is 11.4. The van der Waals surface area contributed by atoms with Crippen LogP contribution in [-0.4, -0.2) is 37.0 Å². The van der Waals surface area contributed by atoms with Crippen molar-refractivity contribution in [3.05, 3.63) is 0 Å². The lowest BCUT2D eigenvalue weighted by Crippen LogP contribution is -2.49. The number of rotatable bonds is 2. The molecule has 16 heavy (non-hydrogen) atoms. The molecule has 1 aliphatic rings. The second kappa shape index (κ2) is 6.93. The van der Waals surface area contributed by atoms with E-state index in [1.807, 2.05) is 20.8 Å². The normalized spacial score (nSPS) is 15.3. The summed E-state index contributed by atoms with van der Waals surface area (Å²) in [5.41, 5.74) is -0.180. The standard InChI is InChI=1S/C10H20N4O.HI/c1-10(2,3)14-8(15)7-13-9-11-5-4-6-12-9;/h4-7H2,1-3H3,(H,14,15)(H2,11,12,13);1H. The Balaban J connectivity index is 0.00000225. The molecule has 3 N–H and O–H groups in total. The van der Waals surface area contributed by atoms with Gasteiger partial charge >= 0.3 is 0 Å². The maximum Gasteiger partial charge on any atom is 0.239 e. The summed E-state index contributed by atoms with van der Waals surface area (Å²) in [6.45, 7) is 7.90. The van der Waals surface area contributed by atoms with E-state index in [1.54, 1.807) is 0 Å². The summed E-state index contributed by atoms with van der Waals surface area (Å²) in [5.74, 6) is 0.711. The Labute approximate surface area is 114 Å². The van der Waals surface area contributed by atoms with E-state index in [2.05, 4.69) is 20.9 Å². The smallest absolute Gasteiger partial charge is 0.239 e.